The number of halogens is 1. The summed E-state index contributed by atoms with van der Waals surface area (Å²) in [5, 5.41) is 7.56. The lowest BCUT2D eigenvalue weighted by Gasteiger charge is -2.63. The van der Waals surface area contributed by atoms with Gasteiger partial charge in [-0.15, -0.1) is 24.0 Å². The van der Waals surface area contributed by atoms with E-state index in [9.17, 15) is 0 Å². The van der Waals surface area contributed by atoms with E-state index in [1.54, 1.807) is 0 Å². The molecule has 5 aliphatic rings. The predicted molar refractivity (Wildman–Crippen MR) is 120 cm³/mol. The number of nitrogens with one attached hydrogen (secondary N) is 2. The summed E-state index contributed by atoms with van der Waals surface area (Å²) in [7, 11) is 1.93. The van der Waals surface area contributed by atoms with Gasteiger partial charge in [0.1, 0.15) is 0 Å². The van der Waals surface area contributed by atoms with Crippen molar-refractivity contribution in [3.05, 3.63) is 0 Å². The molecule has 0 bridgehead atoms. The van der Waals surface area contributed by atoms with Gasteiger partial charge in [-0.05, 0) is 44.4 Å². The highest BCUT2D eigenvalue weighted by atomic mass is 127. The normalized spacial score (nSPS) is 38.2. The van der Waals surface area contributed by atoms with Crippen LogP contribution >= 0.6 is 24.0 Å². The van der Waals surface area contributed by atoms with E-state index in [4.69, 9.17) is 4.74 Å². The molecule has 3 aliphatic carbocycles. The second-order valence-corrected chi connectivity index (χ2v) is 9.56. The Morgan fingerprint density at radius 2 is 1.93 bits per heavy atom. The molecule has 2 N–H and O–H groups in total. The van der Waals surface area contributed by atoms with Crippen molar-refractivity contribution in [2.75, 3.05) is 33.3 Å². The average molecular weight is 488 g/mol. The first kappa shape index (κ1) is 20.2. The maximum absolute atomic E-state index is 6.06. The highest BCUT2D eigenvalue weighted by Gasteiger charge is 2.66. The summed E-state index contributed by atoms with van der Waals surface area (Å²) in [5.41, 5.74) is 0.420. The third-order valence-corrected chi connectivity index (χ3v) is 8.16. The fraction of sp³-hybridized carbons (Fsp3) is 0.952. The first-order valence-corrected chi connectivity index (χ1v) is 11.1. The number of hydrogen-bond donors (Lipinski definition) is 2. The Bertz CT molecular complexity index is 546. The Kier molecular flexibility index (Phi) is 6.24. The van der Waals surface area contributed by atoms with Crippen LogP contribution in [0.15, 0.2) is 4.99 Å². The fourth-order valence-corrected chi connectivity index (χ4v) is 6.64. The summed E-state index contributed by atoms with van der Waals surface area (Å²) in [6.07, 6.45) is 12.8. The monoisotopic (exact) mass is 488 g/mol. The largest absolute Gasteiger partial charge is 0.377 e. The van der Waals surface area contributed by atoms with Crippen molar-refractivity contribution in [3.63, 3.8) is 0 Å². The molecule has 4 atom stereocenters. The van der Waals surface area contributed by atoms with Gasteiger partial charge in [-0.3, -0.25) is 4.99 Å². The van der Waals surface area contributed by atoms with Crippen LogP contribution in [0.4, 0.5) is 0 Å². The topological polar surface area (TPSA) is 48.9 Å². The van der Waals surface area contributed by atoms with Gasteiger partial charge in [0.25, 0.3) is 0 Å². The number of nitrogens with zero attached hydrogens (tertiary/aromatic N) is 2. The van der Waals surface area contributed by atoms with Crippen molar-refractivity contribution >= 4 is 29.9 Å². The van der Waals surface area contributed by atoms with Crippen LogP contribution in [0.25, 0.3) is 0 Å². The number of ether oxygens (including phenoxy) is 1. The zero-order valence-corrected chi connectivity index (χ0v) is 19.1. The molecule has 2 heterocycles. The molecule has 27 heavy (non-hydrogen) atoms. The van der Waals surface area contributed by atoms with Gasteiger partial charge in [0, 0.05) is 56.7 Å². The average Bonchev–Trinajstić information content (AvgIpc) is 3.33. The zero-order chi connectivity index (χ0) is 17.6. The van der Waals surface area contributed by atoms with Crippen molar-refractivity contribution < 1.29 is 4.74 Å². The molecule has 5 fully saturated rings. The number of aliphatic imine (C=N–C) groups is 1. The molecule has 3 saturated carbocycles. The molecule has 5 nitrogen and oxygen atoms in total. The Morgan fingerprint density at radius 3 is 2.63 bits per heavy atom. The van der Waals surface area contributed by atoms with Crippen LogP contribution in [0.3, 0.4) is 0 Å². The Morgan fingerprint density at radius 1 is 1.11 bits per heavy atom. The maximum Gasteiger partial charge on any atom is 0.191 e. The molecular weight excluding hydrogens is 451 g/mol. The smallest absolute Gasteiger partial charge is 0.191 e. The molecule has 0 amide bonds. The third-order valence-electron chi connectivity index (χ3n) is 8.16. The van der Waals surface area contributed by atoms with E-state index in [0.717, 1.165) is 18.5 Å². The molecule has 0 radical (unpaired) electrons. The summed E-state index contributed by atoms with van der Waals surface area (Å²) in [4.78, 5) is 7.25. The third kappa shape index (κ3) is 3.63. The fourth-order valence-electron chi connectivity index (χ4n) is 6.64. The Hall–Kier alpha value is -0.0800. The van der Waals surface area contributed by atoms with Crippen LogP contribution < -0.4 is 10.6 Å². The lowest BCUT2D eigenvalue weighted by molar-refractivity contribution is -0.171. The summed E-state index contributed by atoms with van der Waals surface area (Å²) >= 11 is 0. The first-order chi connectivity index (χ1) is 12.8. The highest BCUT2D eigenvalue weighted by Crippen LogP contribution is 2.62. The maximum atomic E-state index is 6.06. The quantitative estimate of drug-likeness (QED) is 0.363. The van der Waals surface area contributed by atoms with Gasteiger partial charge in [0.05, 0.1) is 6.10 Å². The van der Waals surface area contributed by atoms with Gasteiger partial charge in [-0.25, -0.2) is 0 Å². The summed E-state index contributed by atoms with van der Waals surface area (Å²) in [6, 6.07) is 1.13. The predicted octanol–water partition coefficient (Wildman–Crippen LogP) is 2.99. The zero-order valence-electron chi connectivity index (χ0n) is 16.8. The molecular formula is C21H37IN4O. The van der Waals surface area contributed by atoms with Gasteiger partial charge in [-0.1, -0.05) is 19.3 Å². The second kappa shape index (κ2) is 8.34. The van der Waals surface area contributed by atoms with E-state index in [2.05, 4.69) is 20.5 Å². The Labute approximate surface area is 181 Å². The second-order valence-electron chi connectivity index (χ2n) is 9.56. The van der Waals surface area contributed by atoms with Crippen LogP contribution in [-0.2, 0) is 4.74 Å². The summed E-state index contributed by atoms with van der Waals surface area (Å²) in [6.45, 7) is 4.70. The van der Waals surface area contributed by atoms with Gasteiger partial charge < -0.3 is 20.3 Å². The van der Waals surface area contributed by atoms with Crippen molar-refractivity contribution in [1.82, 2.24) is 15.5 Å². The number of likely N-dealkylation sites (tertiary alicyclic amines) is 1. The van der Waals surface area contributed by atoms with Crippen LogP contribution in [0, 0.1) is 17.3 Å². The molecule has 0 aromatic carbocycles. The van der Waals surface area contributed by atoms with Crippen molar-refractivity contribution in [2.45, 2.75) is 76.0 Å². The lowest BCUT2D eigenvalue weighted by Crippen LogP contribution is -2.72. The molecule has 5 rings (SSSR count). The number of hydrogen-bond acceptors (Lipinski definition) is 3. The standard InChI is InChI=1S/C21H36N4O.HI/c1-22-20(23-16-7-11-25(14-16)13-15-5-2-3-6-15)24-18-17-8-12-26-19(17)21(18)9-4-10-21;/h15-19H,2-14H2,1H3,(H2,22,23,24);1H. The van der Waals surface area contributed by atoms with E-state index in [1.807, 2.05) is 7.05 Å². The molecule has 1 spiro atoms. The van der Waals surface area contributed by atoms with Crippen molar-refractivity contribution in [3.8, 4) is 0 Å². The van der Waals surface area contributed by atoms with Crippen molar-refractivity contribution in [2.24, 2.45) is 22.2 Å². The van der Waals surface area contributed by atoms with Gasteiger partial charge in [0.2, 0.25) is 0 Å². The van der Waals surface area contributed by atoms with E-state index >= 15 is 0 Å². The molecule has 6 heteroatoms. The molecule has 0 aromatic heterocycles. The first-order valence-electron chi connectivity index (χ1n) is 11.1. The van der Waals surface area contributed by atoms with Gasteiger partial charge in [-0.2, -0.15) is 0 Å². The van der Waals surface area contributed by atoms with Gasteiger partial charge in [0.15, 0.2) is 5.96 Å². The van der Waals surface area contributed by atoms with E-state index < -0.39 is 0 Å². The van der Waals surface area contributed by atoms with Crippen LogP contribution in [0.5, 0.6) is 0 Å². The van der Waals surface area contributed by atoms with Crippen LogP contribution in [0.1, 0.15) is 57.8 Å². The lowest BCUT2D eigenvalue weighted by atomic mass is 9.46. The van der Waals surface area contributed by atoms with E-state index in [-0.39, 0.29) is 24.0 Å². The number of guanidine groups is 1. The van der Waals surface area contributed by atoms with E-state index in [0.29, 0.717) is 29.5 Å². The SMILES string of the molecule is CN=C(NC1CCN(CC2CCCC2)C1)NC1C2CCOC2C12CCC2.I. The minimum absolute atomic E-state index is 0. The van der Waals surface area contributed by atoms with E-state index in [1.165, 1.54) is 77.4 Å². The van der Waals surface area contributed by atoms with Crippen molar-refractivity contribution in [1.29, 1.82) is 0 Å². The van der Waals surface area contributed by atoms with Gasteiger partial charge >= 0.3 is 0 Å². The molecule has 154 valence electrons. The molecule has 0 aromatic rings. The Balaban J connectivity index is 0.00000180. The minimum atomic E-state index is 0. The van der Waals surface area contributed by atoms with Crippen LogP contribution in [-0.4, -0.2) is 62.3 Å². The molecule has 4 unspecified atom stereocenters. The summed E-state index contributed by atoms with van der Waals surface area (Å²) < 4.78 is 6.06. The highest BCUT2D eigenvalue weighted by molar-refractivity contribution is 14.0. The molecule has 2 saturated heterocycles. The number of fused-ring (bicyclic) bond motifs is 2. The number of rotatable bonds is 4. The minimum Gasteiger partial charge on any atom is -0.377 e. The van der Waals surface area contributed by atoms with Crippen LogP contribution in [0.2, 0.25) is 0 Å². The molecule has 2 aliphatic heterocycles. The summed E-state index contributed by atoms with van der Waals surface area (Å²) in [5.74, 6) is 2.69.